The summed E-state index contributed by atoms with van der Waals surface area (Å²) >= 11 is 0. The molecule has 3 aliphatic rings. The van der Waals surface area contributed by atoms with E-state index in [-0.39, 0.29) is 17.6 Å². The number of hydrogen-bond acceptors (Lipinski definition) is 4. The molecule has 1 atom stereocenters. The number of carbonyl (C=O) groups is 1. The number of ether oxygens (including phenoxy) is 2. The van der Waals surface area contributed by atoms with Crippen LogP contribution in [0.2, 0.25) is 0 Å². The van der Waals surface area contributed by atoms with Crippen LogP contribution in [0.4, 0.5) is 5.69 Å². The molecule has 1 aromatic carbocycles. The number of nitrogens with one attached hydrogen (secondary N) is 1. The Hall–Kier alpha value is -2.83. The Morgan fingerprint density at radius 2 is 2.12 bits per heavy atom. The molecule has 2 fully saturated rings. The van der Waals surface area contributed by atoms with Crippen molar-refractivity contribution < 1.29 is 14.3 Å². The highest BCUT2D eigenvalue weighted by atomic mass is 16.6. The van der Waals surface area contributed by atoms with E-state index in [0.717, 1.165) is 24.1 Å². The molecule has 1 N–H and O–H groups in total. The quantitative estimate of drug-likeness (QED) is 0.586. The lowest BCUT2D eigenvalue weighted by Crippen LogP contribution is -2.51. The molecule has 4 heterocycles. The maximum absolute atomic E-state index is 13.4. The number of piperidine rings is 1. The molecule has 1 aromatic heterocycles. The first-order valence-corrected chi connectivity index (χ1v) is 11.5. The van der Waals surface area contributed by atoms with Crippen LogP contribution in [-0.4, -0.2) is 54.4 Å². The first-order chi connectivity index (χ1) is 15.6. The van der Waals surface area contributed by atoms with Crippen LogP contribution in [0.3, 0.4) is 0 Å². The van der Waals surface area contributed by atoms with Gasteiger partial charge in [0.1, 0.15) is 0 Å². The van der Waals surface area contributed by atoms with Crippen LogP contribution < -0.4 is 5.32 Å². The summed E-state index contributed by atoms with van der Waals surface area (Å²) in [6, 6.07) is 10.9. The van der Waals surface area contributed by atoms with Crippen LogP contribution in [0.5, 0.6) is 0 Å². The number of amides is 1. The van der Waals surface area contributed by atoms with Gasteiger partial charge in [0.05, 0.1) is 42.8 Å². The number of likely N-dealkylation sites (tertiary alicyclic amines) is 1. The summed E-state index contributed by atoms with van der Waals surface area (Å²) < 4.78 is 13.6. The zero-order valence-electron chi connectivity index (χ0n) is 18.7. The minimum Gasteiger partial charge on any atom is -0.376 e. The molecule has 0 bridgehead atoms. The van der Waals surface area contributed by atoms with Gasteiger partial charge in [-0.05, 0) is 49.6 Å². The molecule has 32 heavy (non-hydrogen) atoms. The minimum absolute atomic E-state index is 0.0712. The van der Waals surface area contributed by atoms with Gasteiger partial charge in [0.15, 0.2) is 0 Å². The van der Waals surface area contributed by atoms with Gasteiger partial charge in [-0.2, -0.15) is 0 Å². The predicted molar refractivity (Wildman–Crippen MR) is 125 cm³/mol. The van der Waals surface area contributed by atoms with E-state index in [4.69, 9.17) is 9.47 Å². The highest BCUT2D eigenvalue weighted by Gasteiger charge is 2.42. The molecule has 5 rings (SSSR count). The average molecular weight is 434 g/mol. The van der Waals surface area contributed by atoms with Gasteiger partial charge in [0, 0.05) is 37.0 Å². The molecule has 0 saturated carbocycles. The second-order valence-corrected chi connectivity index (χ2v) is 8.98. The number of nitrogens with zero attached hydrogens (tertiary/aromatic N) is 2. The Morgan fingerprint density at radius 3 is 2.88 bits per heavy atom. The minimum atomic E-state index is -0.163. The maximum Gasteiger partial charge on any atom is 0.249 e. The third-order valence-electron chi connectivity index (χ3n) is 6.86. The second kappa shape index (κ2) is 8.60. The summed E-state index contributed by atoms with van der Waals surface area (Å²) in [4.78, 5) is 15.3. The van der Waals surface area contributed by atoms with E-state index in [1.807, 2.05) is 11.0 Å². The molecular weight excluding hydrogens is 402 g/mol. The Morgan fingerprint density at radius 1 is 1.28 bits per heavy atom. The van der Waals surface area contributed by atoms with Crippen LogP contribution >= 0.6 is 0 Å². The van der Waals surface area contributed by atoms with Crippen LogP contribution in [0.1, 0.15) is 30.5 Å². The standard InChI is InChI=1S/C26H31N3O3/c1-3-5-20(17-21-18-31-14-15-32-21)25(30)28-12-9-26(10-13-28)24-6-4-11-29(24)23-8-7-19(2)16-22(23)27-26/h3-8,11,16,21,27H,1,9-10,12-15,17-18H2,2H3. The summed E-state index contributed by atoms with van der Waals surface area (Å²) in [6.45, 7) is 9.07. The number of fused-ring (bicyclic) bond motifs is 4. The number of aromatic nitrogens is 1. The van der Waals surface area contributed by atoms with Crippen molar-refractivity contribution in [3.63, 3.8) is 0 Å². The van der Waals surface area contributed by atoms with E-state index in [0.29, 0.717) is 39.3 Å². The van der Waals surface area contributed by atoms with Crippen molar-refractivity contribution in [2.24, 2.45) is 0 Å². The Balaban J connectivity index is 1.33. The van der Waals surface area contributed by atoms with E-state index in [1.165, 1.54) is 16.9 Å². The zero-order chi connectivity index (χ0) is 22.1. The highest BCUT2D eigenvalue weighted by Crippen LogP contribution is 2.43. The van der Waals surface area contributed by atoms with Crippen molar-refractivity contribution in [1.29, 1.82) is 0 Å². The number of benzene rings is 1. The van der Waals surface area contributed by atoms with Gasteiger partial charge in [-0.3, -0.25) is 4.79 Å². The molecule has 6 heteroatoms. The number of carbonyl (C=O) groups excluding carboxylic acids is 1. The fourth-order valence-electron chi connectivity index (χ4n) is 5.21. The summed E-state index contributed by atoms with van der Waals surface area (Å²) in [6.07, 6.45) is 7.87. The van der Waals surface area contributed by atoms with E-state index in [1.54, 1.807) is 6.08 Å². The number of aryl methyl sites for hydroxylation is 1. The number of rotatable bonds is 4. The van der Waals surface area contributed by atoms with E-state index < -0.39 is 0 Å². The molecule has 1 spiro atoms. The van der Waals surface area contributed by atoms with Gasteiger partial charge in [0.2, 0.25) is 5.91 Å². The molecule has 168 valence electrons. The van der Waals surface area contributed by atoms with Crippen LogP contribution in [0, 0.1) is 6.92 Å². The molecule has 0 aliphatic carbocycles. The van der Waals surface area contributed by atoms with Crippen LogP contribution in [0.25, 0.3) is 5.69 Å². The zero-order valence-corrected chi connectivity index (χ0v) is 18.7. The smallest absolute Gasteiger partial charge is 0.249 e. The molecule has 2 saturated heterocycles. The molecular formula is C26H31N3O3. The van der Waals surface area contributed by atoms with Gasteiger partial charge in [-0.1, -0.05) is 24.8 Å². The van der Waals surface area contributed by atoms with Crippen molar-refractivity contribution in [3.05, 3.63) is 72.1 Å². The lowest BCUT2D eigenvalue weighted by atomic mass is 9.82. The first kappa shape index (κ1) is 21.0. The van der Waals surface area contributed by atoms with Gasteiger partial charge in [-0.15, -0.1) is 0 Å². The Bertz CT molecular complexity index is 1040. The molecule has 2 aromatic rings. The SMILES string of the molecule is C=CC=C(CC1COCCO1)C(=O)N1CCC2(CC1)Nc1cc(C)ccc1-n1cccc12. The molecule has 0 radical (unpaired) electrons. The Labute approximate surface area is 189 Å². The van der Waals surface area contributed by atoms with Gasteiger partial charge < -0.3 is 24.3 Å². The fourth-order valence-corrected chi connectivity index (χ4v) is 5.21. The van der Waals surface area contributed by atoms with Gasteiger partial charge in [0.25, 0.3) is 0 Å². The lowest BCUT2D eigenvalue weighted by Gasteiger charge is -2.46. The van der Waals surface area contributed by atoms with E-state index in [2.05, 4.69) is 59.9 Å². The first-order valence-electron chi connectivity index (χ1n) is 11.5. The Kier molecular flexibility index (Phi) is 5.66. The van der Waals surface area contributed by atoms with Crippen molar-refractivity contribution >= 4 is 11.6 Å². The number of allylic oxidation sites excluding steroid dienone is 2. The summed E-state index contributed by atoms with van der Waals surface area (Å²) in [5.74, 6) is 0.0800. The molecule has 1 amide bonds. The van der Waals surface area contributed by atoms with Crippen molar-refractivity contribution in [2.45, 2.75) is 37.8 Å². The summed E-state index contributed by atoms with van der Waals surface area (Å²) in [7, 11) is 0. The molecule has 6 nitrogen and oxygen atoms in total. The van der Waals surface area contributed by atoms with E-state index >= 15 is 0 Å². The molecule has 3 aliphatic heterocycles. The van der Waals surface area contributed by atoms with Gasteiger partial charge in [-0.25, -0.2) is 0 Å². The van der Waals surface area contributed by atoms with E-state index in [9.17, 15) is 4.79 Å². The maximum atomic E-state index is 13.4. The summed E-state index contributed by atoms with van der Waals surface area (Å²) in [5, 5.41) is 3.85. The fraction of sp³-hybridized carbons (Fsp3) is 0.423. The second-order valence-electron chi connectivity index (χ2n) is 8.98. The third kappa shape index (κ3) is 3.78. The van der Waals surface area contributed by atoms with Crippen LogP contribution in [-0.2, 0) is 19.8 Å². The van der Waals surface area contributed by atoms with Crippen molar-refractivity contribution in [1.82, 2.24) is 9.47 Å². The highest BCUT2D eigenvalue weighted by molar-refractivity contribution is 5.94. The third-order valence-corrected chi connectivity index (χ3v) is 6.86. The molecule has 1 unspecified atom stereocenters. The van der Waals surface area contributed by atoms with Crippen molar-refractivity contribution in [3.8, 4) is 5.69 Å². The largest absolute Gasteiger partial charge is 0.376 e. The summed E-state index contributed by atoms with van der Waals surface area (Å²) in [5.41, 5.74) is 5.44. The van der Waals surface area contributed by atoms with Gasteiger partial charge >= 0.3 is 0 Å². The lowest BCUT2D eigenvalue weighted by molar-refractivity contribution is -0.130. The monoisotopic (exact) mass is 433 g/mol. The average Bonchev–Trinajstić information content (AvgIpc) is 3.31. The number of hydrogen-bond donors (Lipinski definition) is 1. The normalized spacial score (nSPS) is 22.1. The van der Waals surface area contributed by atoms with Crippen molar-refractivity contribution in [2.75, 3.05) is 38.2 Å². The van der Waals surface area contributed by atoms with Crippen LogP contribution in [0.15, 0.2) is 60.8 Å². The number of anilines is 1. The predicted octanol–water partition coefficient (Wildman–Crippen LogP) is 3.95. The topological polar surface area (TPSA) is 55.7 Å².